The van der Waals surface area contributed by atoms with Gasteiger partial charge < -0.3 is 9.84 Å². The predicted molar refractivity (Wildman–Crippen MR) is 70.0 cm³/mol. The Balaban J connectivity index is 1.73. The molecule has 4 nitrogen and oxygen atoms in total. The number of hydrogen-bond donors (Lipinski definition) is 1. The number of aromatic nitrogens is 2. The van der Waals surface area contributed by atoms with E-state index in [-0.39, 0.29) is 0 Å². The van der Waals surface area contributed by atoms with Crippen LogP contribution in [0.1, 0.15) is 18.7 Å². The third kappa shape index (κ3) is 2.59. The molecule has 1 aliphatic rings. The van der Waals surface area contributed by atoms with E-state index < -0.39 is 0 Å². The van der Waals surface area contributed by atoms with E-state index in [2.05, 4.69) is 31.4 Å². The van der Waals surface area contributed by atoms with Crippen LogP contribution in [0.3, 0.4) is 0 Å². The maximum Gasteiger partial charge on any atom is 0.228 e. The van der Waals surface area contributed by atoms with Gasteiger partial charge in [-0.3, -0.25) is 0 Å². The van der Waals surface area contributed by atoms with Crippen LogP contribution in [0.25, 0.3) is 10.7 Å². The topological polar surface area (TPSA) is 51.0 Å². The van der Waals surface area contributed by atoms with E-state index >= 15 is 0 Å². The van der Waals surface area contributed by atoms with Gasteiger partial charge in [0.1, 0.15) is 0 Å². The molecule has 1 fully saturated rings. The van der Waals surface area contributed by atoms with Crippen molar-refractivity contribution in [3.63, 3.8) is 0 Å². The minimum atomic E-state index is 0.498. The highest BCUT2D eigenvalue weighted by atomic mass is 79.9. The number of thiophene rings is 1. The molecule has 0 radical (unpaired) electrons. The molecule has 3 heterocycles. The third-order valence-electron chi connectivity index (χ3n) is 2.85. The van der Waals surface area contributed by atoms with Gasteiger partial charge in [0.15, 0.2) is 0 Å². The zero-order valence-electron chi connectivity index (χ0n) is 9.15. The van der Waals surface area contributed by atoms with Crippen molar-refractivity contribution < 1.29 is 4.52 Å². The maximum atomic E-state index is 5.28. The summed E-state index contributed by atoms with van der Waals surface area (Å²) >= 11 is 5.04. The summed E-state index contributed by atoms with van der Waals surface area (Å²) in [6, 6.07) is 4.49. The number of nitrogens with zero attached hydrogens (tertiary/aromatic N) is 2. The van der Waals surface area contributed by atoms with E-state index in [1.165, 1.54) is 12.8 Å². The van der Waals surface area contributed by atoms with Crippen LogP contribution in [0.2, 0.25) is 0 Å². The minimum absolute atomic E-state index is 0.498. The van der Waals surface area contributed by atoms with Crippen molar-refractivity contribution in [2.45, 2.75) is 25.3 Å². The van der Waals surface area contributed by atoms with Crippen LogP contribution >= 0.6 is 27.3 Å². The average Bonchev–Trinajstić information content (AvgIpc) is 2.99. The van der Waals surface area contributed by atoms with Crippen LogP contribution in [0, 0.1) is 0 Å². The van der Waals surface area contributed by atoms with Crippen molar-refractivity contribution >= 4 is 27.3 Å². The summed E-state index contributed by atoms with van der Waals surface area (Å²) in [7, 11) is 0. The number of hydrogen-bond acceptors (Lipinski definition) is 5. The molecule has 1 unspecified atom stereocenters. The Morgan fingerprint density at radius 1 is 1.53 bits per heavy atom. The maximum absolute atomic E-state index is 5.28. The molecule has 3 rings (SSSR count). The first-order valence-corrected chi connectivity index (χ1v) is 7.24. The summed E-state index contributed by atoms with van der Waals surface area (Å²) in [5.41, 5.74) is 0. The predicted octanol–water partition coefficient (Wildman–Crippen LogP) is 2.86. The van der Waals surface area contributed by atoms with Gasteiger partial charge in [-0.05, 0) is 47.4 Å². The Bertz CT molecular complexity index is 504. The van der Waals surface area contributed by atoms with Gasteiger partial charge in [-0.2, -0.15) is 4.98 Å². The fraction of sp³-hybridized carbons (Fsp3) is 0.455. The van der Waals surface area contributed by atoms with E-state index in [0.717, 1.165) is 27.5 Å². The van der Waals surface area contributed by atoms with Crippen LogP contribution in [-0.4, -0.2) is 22.7 Å². The van der Waals surface area contributed by atoms with Crippen molar-refractivity contribution in [2.75, 3.05) is 6.54 Å². The van der Waals surface area contributed by atoms with Crippen LogP contribution in [0.5, 0.6) is 0 Å². The van der Waals surface area contributed by atoms with Crippen molar-refractivity contribution in [3.8, 4) is 10.7 Å². The van der Waals surface area contributed by atoms with Crippen molar-refractivity contribution in [2.24, 2.45) is 0 Å². The van der Waals surface area contributed by atoms with Crippen molar-refractivity contribution in [1.29, 1.82) is 0 Å². The minimum Gasteiger partial charge on any atom is -0.339 e. The van der Waals surface area contributed by atoms with Gasteiger partial charge in [0.25, 0.3) is 0 Å². The van der Waals surface area contributed by atoms with Gasteiger partial charge in [-0.1, -0.05) is 5.16 Å². The number of halogens is 1. The highest BCUT2D eigenvalue weighted by Crippen LogP contribution is 2.29. The second-order valence-electron chi connectivity index (χ2n) is 4.11. The van der Waals surface area contributed by atoms with Gasteiger partial charge in [-0.25, -0.2) is 0 Å². The molecular formula is C11H12BrN3OS. The van der Waals surface area contributed by atoms with E-state index in [4.69, 9.17) is 4.52 Å². The molecule has 0 bridgehead atoms. The van der Waals surface area contributed by atoms with Gasteiger partial charge >= 0.3 is 0 Å². The van der Waals surface area contributed by atoms with Gasteiger partial charge in [-0.15, -0.1) is 11.3 Å². The van der Waals surface area contributed by atoms with Crippen LogP contribution < -0.4 is 5.32 Å². The first kappa shape index (κ1) is 11.4. The van der Waals surface area contributed by atoms with E-state index in [1.54, 1.807) is 11.3 Å². The molecule has 0 saturated carbocycles. The lowest BCUT2D eigenvalue weighted by atomic mass is 10.1. The first-order chi connectivity index (χ1) is 8.31. The van der Waals surface area contributed by atoms with E-state index in [9.17, 15) is 0 Å². The number of nitrogens with one attached hydrogen (secondary N) is 1. The second-order valence-corrected chi connectivity index (χ2v) is 6.58. The van der Waals surface area contributed by atoms with Crippen LogP contribution in [-0.2, 0) is 6.42 Å². The van der Waals surface area contributed by atoms with Crippen molar-refractivity contribution in [3.05, 3.63) is 21.8 Å². The quantitative estimate of drug-likeness (QED) is 0.946. The molecule has 2 aromatic heterocycles. The van der Waals surface area contributed by atoms with Crippen LogP contribution in [0.15, 0.2) is 20.4 Å². The van der Waals surface area contributed by atoms with E-state index in [1.807, 2.05) is 12.1 Å². The highest BCUT2D eigenvalue weighted by Gasteiger charge is 2.18. The molecule has 17 heavy (non-hydrogen) atoms. The Morgan fingerprint density at radius 3 is 3.18 bits per heavy atom. The summed E-state index contributed by atoms with van der Waals surface area (Å²) in [4.78, 5) is 5.46. The Kier molecular flexibility index (Phi) is 3.26. The summed E-state index contributed by atoms with van der Waals surface area (Å²) in [5, 5.41) is 7.44. The molecule has 1 saturated heterocycles. The summed E-state index contributed by atoms with van der Waals surface area (Å²) in [5.74, 6) is 1.41. The highest BCUT2D eigenvalue weighted by molar-refractivity contribution is 9.11. The van der Waals surface area contributed by atoms with Gasteiger partial charge in [0, 0.05) is 12.5 Å². The monoisotopic (exact) mass is 313 g/mol. The normalized spacial score (nSPS) is 19.9. The lowest BCUT2D eigenvalue weighted by Gasteiger charge is -2.04. The fourth-order valence-electron chi connectivity index (χ4n) is 2.01. The average molecular weight is 314 g/mol. The lowest BCUT2D eigenvalue weighted by Crippen LogP contribution is -2.23. The zero-order valence-corrected chi connectivity index (χ0v) is 11.6. The Labute approximate surface area is 112 Å². The molecule has 0 spiro atoms. The zero-order chi connectivity index (χ0) is 11.7. The second kappa shape index (κ2) is 4.88. The Morgan fingerprint density at radius 2 is 2.47 bits per heavy atom. The smallest absolute Gasteiger partial charge is 0.228 e. The largest absolute Gasteiger partial charge is 0.339 e. The summed E-state index contributed by atoms with van der Waals surface area (Å²) in [6.45, 7) is 1.10. The Hall–Kier alpha value is -0.720. The molecule has 0 aromatic carbocycles. The summed E-state index contributed by atoms with van der Waals surface area (Å²) in [6.07, 6.45) is 3.27. The third-order valence-corrected chi connectivity index (χ3v) is 4.46. The molecule has 2 aromatic rings. The molecule has 0 amide bonds. The van der Waals surface area contributed by atoms with Gasteiger partial charge in [0.05, 0.1) is 8.66 Å². The molecule has 0 aliphatic carbocycles. The molecule has 1 N–H and O–H groups in total. The van der Waals surface area contributed by atoms with Crippen molar-refractivity contribution in [1.82, 2.24) is 15.5 Å². The van der Waals surface area contributed by atoms with E-state index in [0.29, 0.717) is 11.9 Å². The molecule has 90 valence electrons. The van der Waals surface area contributed by atoms with Gasteiger partial charge in [0.2, 0.25) is 11.7 Å². The molecule has 1 atom stereocenters. The SMILES string of the molecule is Brc1ccc(-c2noc(CC3CCCN3)n2)s1. The molecular weight excluding hydrogens is 302 g/mol. The standard InChI is InChI=1S/C11H12BrN3OS/c12-9-4-3-8(17-9)11-14-10(16-15-11)6-7-2-1-5-13-7/h3-4,7,13H,1-2,5-6H2. The molecule has 6 heteroatoms. The van der Waals surface area contributed by atoms with Crippen LogP contribution in [0.4, 0.5) is 0 Å². The lowest BCUT2D eigenvalue weighted by molar-refractivity contribution is 0.364. The number of rotatable bonds is 3. The summed E-state index contributed by atoms with van der Waals surface area (Å²) < 4.78 is 6.36. The first-order valence-electron chi connectivity index (χ1n) is 5.63. The fourth-order valence-corrected chi connectivity index (χ4v) is 3.33. The molecule has 1 aliphatic heterocycles.